The van der Waals surface area contributed by atoms with Crippen molar-refractivity contribution < 1.29 is 4.79 Å². The Kier molecular flexibility index (Phi) is 3.95. The molecule has 6 heteroatoms. The molecule has 0 saturated carbocycles. The molecule has 1 N–H and O–H groups in total. The molecule has 2 aromatic rings. The van der Waals surface area contributed by atoms with E-state index in [1.54, 1.807) is 12.5 Å². The summed E-state index contributed by atoms with van der Waals surface area (Å²) in [5.74, 6) is 0.0878. The predicted octanol–water partition coefficient (Wildman–Crippen LogP) is 2.49. The standard InChI is InChI=1S/C19H21N5O/c1-3-13-17(12(2)23-18(13)15-6-4-5-8-20-15)19(25)24-9-7-14-16(10-24)22-11-21-14/h4-6,8,11,13H,3,7,9-10H2,1-2H3,(H,21,22). The van der Waals surface area contributed by atoms with Crippen LogP contribution in [0.5, 0.6) is 0 Å². The second-order valence-corrected chi connectivity index (χ2v) is 6.48. The van der Waals surface area contributed by atoms with Crippen molar-refractivity contribution in [1.82, 2.24) is 19.9 Å². The normalized spacial score (nSPS) is 19.8. The third-order valence-electron chi connectivity index (χ3n) is 4.98. The number of nitrogens with one attached hydrogen (secondary N) is 1. The fourth-order valence-electron chi connectivity index (χ4n) is 3.72. The van der Waals surface area contributed by atoms with Gasteiger partial charge in [-0.15, -0.1) is 0 Å². The van der Waals surface area contributed by atoms with Crippen LogP contribution in [0.2, 0.25) is 0 Å². The molecule has 0 aromatic carbocycles. The van der Waals surface area contributed by atoms with E-state index in [2.05, 4.69) is 21.9 Å². The average Bonchev–Trinajstić information content (AvgIpc) is 3.24. The Hall–Kier alpha value is -2.76. The smallest absolute Gasteiger partial charge is 0.252 e. The summed E-state index contributed by atoms with van der Waals surface area (Å²) in [4.78, 5) is 31.7. The third-order valence-corrected chi connectivity index (χ3v) is 4.98. The van der Waals surface area contributed by atoms with Crippen LogP contribution in [-0.2, 0) is 17.8 Å². The molecule has 0 fully saturated rings. The first-order valence-electron chi connectivity index (χ1n) is 8.70. The van der Waals surface area contributed by atoms with Gasteiger partial charge in [0, 0.05) is 36.4 Å². The van der Waals surface area contributed by atoms with Gasteiger partial charge in [0.1, 0.15) is 0 Å². The largest absolute Gasteiger partial charge is 0.347 e. The van der Waals surface area contributed by atoms with Crippen LogP contribution in [0.25, 0.3) is 0 Å². The number of aliphatic imine (C=N–C) groups is 1. The lowest BCUT2D eigenvalue weighted by Crippen LogP contribution is -2.38. The number of carbonyl (C=O) groups is 1. The Balaban J connectivity index is 1.60. The van der Waals surface area contributed by atoms with Gasteiger partial charge in [0.25, 0.3) is 5.91 Å². The molecular weight excluding hydrogens is 314 g/mol. The number of aromatic amines is 1. The van der Waals surface area contributed by atoms with Gasteiger partial charge in [0.2, 0.25) is 0 Å². The number of allylic oxidation sites excluding steroid dienone is 1. The molecule has 0 spiro atoms. The van der Waals surface area contributed by atoms with Crippen LogP contribution in [0, 0.1) is 5.92 Å². The Morgan fingerprint density at radius 2 is 2.24 bits per heavy atom. The summed E-state index contributed by atoms with van der Waals surface area (Å²) < 4.78 is 0. The Bertz CT molecular complexity index is 865. The first-order chi connectivity index (χ1) is 12.2. The number of rotatable bonds is 3. The van der Waals surface area contributed by atoms with Crippen LogP contribution >= 0.6 is 0 Å². The minimum absolute atomic E-state index is 0.00515. The van der Waals surface area contributed by atoms with Gasteiger partial charge in [-0.25, -0.2) is 4.98 Å². The number of hydrogen-bond donors (Lipinski definition) is 1. The molecule has 1 unspecified atom stereocenters. The molecular formula is C19H21N5O. The van der Waals surface area contributed by atoms with Crippen LogP contribution in [0.15, 0.2) is 47.0 Å². The van der Waals surface area contributed by atoms with E-state index < -0.39 is 0 Å². The van der Waals surface area contributed by atoms with Crippen molar-refractivity contribution in [3.63, 3.8) is 0 Å². The lowest BCUT2D eigenvalue weighted by molar-refractivity contribution is -0.128. The zero-order valence-corrected chi connectivity index (χ0v) is 14.5. The van der Waals surface area contributed by atoms with Gasteiger partial charge in [-0.05, 0) is 25.5 Å². The van der Waals surface area contributed by atoms with Crippen molar-refractivity contribution in [3.8, 4) is 0 Å². The topological polar surface area (TPSA) is 74.2 Å². The van der Waals surface area contributed by atoms with E-state index in [-0.39, 0.29) is 11.8 Å². The van der Waals surface area contributed by atoms with Crippen LogP contribution in [0.1, 0.15) is 37.4 Å². The summed E-state index contributed by atoms with van der Waals surface area (Å²) in [6.07, 6.45) is 5.10. The molecule has 0 aliphatic carbocycles. The average molecular weight is 335 g/mol. The van der Waals surface area contributed by atoms with E-state index in [1.165, 1.54) is 0 Å². The number of hydrogen-bond acceptors (Lipinski definition) is 4. The molecule has 25 heavy (non-hydrogen) atoms. The Morgan fingerprint density at radius 3 is 3.00 bits per heavy atom. The summed E-state index contributed by atoms with van der Waals surface area (Å²) in [7, 11) is 0. The third kappa shape index (κ3) is 2.67. The molecule has 6 nitrogen and oxygen atoms in total. The quantitative estimate of drug-likeness (QED) is 0.936. The molecule has 0 saturated heterocycles. The van der Waals surface area contributed by atoms with Crippen molar-refractivity contribution in [2.75, 3.05) is 6.54 Å². The number of H-pyrrole nitrogens is 1. The first-order valence-corrected chi connectivity index (χ1v) is 8.70. The molecule has 4 heterocycles. The summed E-state index contributed by atoms with van der Waals surface area (Å²) >= 11 is 0. The van der Waals surface area contributed by atoms with E-state index in [4.69, 9.17) is 4.99 Å². The van der Waals surface area contributed by atoms with Crippen LogP contribution < -0.4 is 0 Å². The predicted molar refractivity (Wildman–Crippen MR) is 95.0 cm³/mol. The SMILES string of the molecule is CCC1C(c2ccccn2)=NC(C)=C1C(=O)N1CCc2nc[nH]c2C1. The van der Waals surface area contributed by atoms with Crippen LogP contribution in [0.3, 0.4) is 0 Å². The molecule has 1 atom stereocenters. The lowest BCUT2D eigenvalue weighted by Gasteiger charge is -2.28. The van der Waals surface area contributed by atoms with Crippen molar-refractivity contribution in [1.29, 1.82) is 0 Å². The summed E-state index contributed by atoms with van der Waals surface area (Å²) in [5.41, 5.74) is 5.49. The van der Waals surface area contributed by atoms with Crippen molar-refractivity contribution >= 4 is 11.6 Å². The van der Waals surface area contributed by atoms with Gasteiger partial charge < -0.3 is 9.88 Å². The lowest BCUT2D eigenvalue weighted by atomic mass is 9.89. The summed E-state index contributed by atoms with van der Waals surface area (Å²) in [6, 6.07) is 5.80. The van der Waals surface area contributed by atoms with Crippen molar-refractivity contribution in [3.05, 3.63) is 59.1 Å². The Labute approximate surface area is 146 Å². The molecule has 2 aliphatic rings. The van der Waals surface area contributed by atoms with E-state index >= 15 is 0 Å². The molecule has 128 valence electrons. The molecule has 1 amide bonds. The summed E-state index contributed by atoms with van der Waals surface area (Å²) in [6.45, 7) is 5.30. The molecule has 0 bridgehead atoms. The first kappa shape index (κ1) is 15.7. The van der Waals surface area contributed by atoms with E-state index in [0.717, 1.165) is 46.9 Å². The molecule has 0 radical (unpaired) electrons. The molecule has 4 rings (SSSR count). The zero-order valence-electron chi connectivity index (χ0n) is 14.5. The highest BCUT2D eigenvalue weighted by Gasteiger charge is 2.36. The zero-order chi connectivity index (χ0) is 17.4. The highest BCUT2D eigenvalue weighted by molar-refractivity contribution is 6.12. The second kappa shape index (κ2) is 6.27. The summed E-state index contributed by atoms with van der Waals surface area (Å²) in [5, 5.41) is 0. The van der Waals surface area contributed by atoms with E-state index in [9.17, 15) is 4.79 Å². The number of aromatic nitrogens is 3. The van der Waals surface area contributed by atoms with Gasteiger partial charge in [0.05, 0.1) is 35.7 Å². The van der Waals surface area contributed by atoms with Crippen molar-refractivity contribution in [2.45, 2.75) is 33.2 Å². The number of carbonyl (C=O) groups excluding carboxylic acids is 1. The van der Waals surface area contributed by atoms with Gasteiger partial charge >= 0.3 is 0 Å². The molecule has 2 aliphatic heterocycles. The number of imidazole rings is 1. The number of nitrogens with zero attached hydrogens (tertiary/aromatic N) is 4. The van der Waals surface area contributed by atoms with Gasteiger partial charge in [-0.3, -0.25) is 14.8 Å². The number of amides is 1. The second-order valence-electron chi connectivity index (χ2n) is 6.48. The van der Waals surface area contributed by atoms with Crippen LogP contribution in [-0.4, -0.2) is 38.0 Å². The van der Waals surface area contributed by atoms with E-state index in [0.29, 0.717) is 13.1 Å². The maximum Gasteiger partial charge on any atom is 0.252 e. The van der Waals surface area contributed by atoms with Gasteiger partial charge in [0.15, 0.2) is 0 Å². The van der Waals surface area contributed by atoms with Crippen molar-refractivity contribution in [2.24, 2.45) is 10.9 Å². The van der Waals surface area contributed by atoms with Gasteiger partial charge in [-0.2, -0.15) is 0 Å². The number of pyridine rings is 1. The monoisotopic (exact) mass is 335 g/mol. The highest BCUT2D eigenvalue weighted by Crippen LogP contribution is 2.33. The van der Waals surface area contributed by atoms with Crippen LogP contribution in [0.4, 0.5) is 0 Å². The highest BCUT2D eigenvalue weighted by atomic mass is 16.2. The van der Waals surface area contributed by atoms with Gasteiger partial charge in [-0.1, -0.05) is 13.0 Å². The van der Waals surface area contributed by atoms with E-state index in [1.807, 2.05) is 30.0 Å². The molecule has 2 aromatic heterocycles. The fourth-order valence-corrected chi connectivity index (χ4v) is 3.72. The maximum atomic E-state index is 13.2. The Morgan fingerprint density at radius 1 is 1.36 bits per heavy atom. The number of fused-ring (bicyclic) bond motifs is 1. The minimum atomic E-state index is 0.00515. The minimum Gasteiger partial charge on any atom is -0.347 e. The maximum absolute atomic E-state index is 13.2. The fraction of sp³-hybridized carbons (Fsp3) is 0.368.